The number of rotatable bonds is 3. The lowest BCUT2D eigenvalue weighted by Crippen LogP contribution is -1.92. The van der Waals surface area contributed by atoms with Crippen molar-refractivity contribution in [2.45, 2.75) is 0 Å². The van der Waals surface area contributed by atoms with E-state index in [1.54, 1.807) is 18.3 Å². The fourth-order valence-electron chi connectivity index (χ4n) is 1.36. The summed E-state index contributed by atoms with van der Waals surface area (Å²) in [6, 6.07) is 9.07. The maximum absolute atomic E-state index is 10.7. The first kappa shape index (κ1) is 11.5. The second-order valence-electron chi connectivity index (χ2n) is 3.38. The van der Waals surface area contributed by atoms with Crippen LogP contribution in [0.3, 0.4) is 0 Å². The molecule has 0 N–H and O–H groups in total. The number of pyridine rings is 1. The summed E-state index contributed by atoms with van der Waals surface area (Å²) in [5.74, 6) is 0.677. The van der Waals surface area contributed by atoms with Crippen LogP contribution in [0.5, 0.6) is 11.5 Å². The fraction of sp³-hybridized carbons (Fsp3) is 0. The number of hydrogen-bond acceptors (Lipinski definition) is 5. The van der Waals surface area contributed by atoms with Gasteiger partial charge >= 0.3 is 0 Å². The van der Waals surface area contributed by atoms with Gasteiger partial charge in [-0.1, -0.05) is 0 Å². The van der Waals surface area contributed by atoms with Gasteiger partial charge in [0.1, 0.15) is 11.5 Å². The summed E-state index contributed by atoms with van der Waals surface area (Å²) in [7, 11) is 0. The summed E-state index contributed by atoms with van der Waals surface area (Å²) in [6.45, 7) is 0. The Hall–Kier alpha value is -2.94. The molecule has 88 valence electrons. The standard InChI is InChI=1S/C12H7N3O3/c13-7-9-4-10(15(16)17)6-12(5-9)18-11-2-1-3-14-8-11/h1-6,8H. The van der Waals surface area contributed by atoms with Crippen LogP contribution >= 0.6 is 0 Å². The second-order valence-corrected chi connectivity index (χ2v) is 3.38. The third kappa shape index (κ3) is 2.59. The Labute approximate surface area is 102 Å². The van der Waals surface area contributed by atoms with Gasteiger partial charge in [0.15, 0.2) is 0 Å². The number of nitriles is 1. The van der Waals surface area contributed by atoms with Gasteiger partial charge < -0.3 is 4.74 Å². The molecule has 0 aliphatic heterocycles. The van der Waals surface area contributed by atoms with Crippen molar-refractivity contribution in [3.8, 4) is 17.6 Å². The van der Waals surface area contributed by atoms with Gasteiger partial charge in [-0.2, -0.15) is 5.26 Å². The Morgan fingerprint density at radius 3 is 2.78 bits per heavy atom. The monoisotopic (exact) mass is 241 g/mol. The first-order valence-corrected chi connectivity index (χ1v) is 4.96. The molecule has 0 amide bonds. The molecular weight excluding hydrogens is 234 g/mol. The van der Waals surface area contributed by atoms with Crippen LogP contribution in [0.1, 0.15) is 5.56 Å². The van der Waals surface area contributed by atoms with Gasteiger partial charge in [0.25, 0.3) is 5.69 Å². The average molecular weight is 241 g/mol. The molecule has 0 atom stereocenters. The van der Waals surface area contributed by atoms with Crippen molar-refractivity contribution >= 4 is 5.69 Å². The number of nitrogens with zero attached hydrogens (tertiary/aromatic N) is 3. The lowest BCUT2D eigenvalue weighted by molar-refractivity contribution is -0.384. The molecule has 0 radical (unpaired) electrons. The zero-order chi connectivity index (χ0) is 13.0. The van der Waals surface area contributed by atoms with Crippen LogP contribution < -0.4 is 4.74 Å². The lowest BCUT2D eigenvalue weighted by atomic mass is 10.2. The van der Waals surface area contributed by atoms with Crippen LogP contribution in [0.4, 0.5) is 5.69 Å². The Morgan fingerprint density at radius 1 is 1.33 bits per heavy atom. The molecule has 0 fully saturated rings. The van der Waals surface area contributed by atoms with Gasteiger partial charge in [0, 0.05) is 12.3 Å². The molecule has 0 aliphatic rings. The number of benzene rings is 1. The smallest absolute Gasteiger partial charge is 0.274 e. The Morgan fingerprint density at radius 2 is 2.17 bits per heavy atom. The van der Waals surface area contributed by atoms with Crippen molar-refractivity contribution in [3.63, 3.8) is 0 Å². The van der Waals surface area contributed by atoms with E-state index in [2.05, 4.69) is 4.98 Å². The fourth-order valence-corrected chi connectivity index (χ4v) is 1.36. The highest BCUT2D eigenvalue weighted by molar-refractivity contribution is 5.48. The lowest BCUT2D eigenvalue weighted by Gasteiger charge is -2.04. The van der Waals surface area contributed by atoms with Crippen molar-refractivity contribution in [3.05, 3.63) is 58.4 Å². The second kappa shape index (κ2) is 4.93. The zero-order valence-electron chi connectivity index (χ0n) is 9.11. The van der Waals surface area contributed by atoms with E-state index in [1.807, 2.05) is 6.07 Å². The van der Waals surface area contributed by atoms with E-state index in [4.69, 9.17) is 10.00 Å². The van der Waals surface area contributed by atoms with E-state index in [-0.39, 0.29) is 17.0 Å². The quantitative estimate of drug-likeness (QED) is 0.608. The highest BCUT2D eigenvalue weighted by Crippen LogP contribution is 2.26. The van der Waals surface area contributed by atoms with Crippen molar-refractivity contribution in [2.24, 2.45) is 0 Å². The molecule has 18 heavy (non-hydrogen) atoms. The minimum Gasteiger partial charge on any atom is -0.455 e. The van der Waals surface area contributed by atoms with Crippen LogP contribution in [0.2, 0.25) is 0 Å². The van der Waals surface area contributed by atoms with E-state index in [9.17, 15) is 10.1 Å². The third-order valence-corrected chi connectivity index (χ3v) is 2.10. The van der Waals surface area contributed by atoms with Gasteiger partial charge in [-0.15, -0.1) is 0 Å². The Bertz CT molecular complexity index is 620. The molecule has 0 aliphatic carbocycles. The predicted octanol–water partition coefficient (Wildman–Crippen LogP) is 2.65. The van der Waals surface area contributed by atoms with Crippen molar-refractivity contribution in [2.75, 3.05) is 0 Å². The molecule has 6 heteroatoms. The summed E-state index contributed by atoms with van der Waals surface area (Å²) in [4.78, 5) is 14.0. The number of nitro groups is 1. The maximum Gasteiger partial charge on any atom is 0.274 e. The van der Waals surface area contributed by atoms with Gasteiger partial charge in [0.2, 0.25) is 0 Å². The van der Waals surface area contributed by atoms with Gasteiger partial charge in [-0.25, -0.2) is 0 Å². The van der Waals surface area contributed by atoms with Crippen molar-refractivity contribution in [1.82, 2.24) is 4.98 Å². The predicted molar refractivity (Wildman–Crippen MR) is 62.1 cm³/mol. The number of aromatic nitrogens is 1. The maximum atomic E-state index is 10.7. The first-order chi connectivity index (χ1) is 8.69. The van der Waals surface area contributed by atoms with E-state index in [0.717, 1.165) is 0 Å². The molecule has 1 aromatic carbocycles. The normalized spacial score (nSPS) is 9.50. The molecule has 6 nitrogen and oxygen atoms in total. The summed E-state index contributed by atoms with van der Waals surface area (Å²) >= 11 is 0. The van der Waals surface area contributed by atoms with Crippen molar-refractivity contribution in [1.29, 1.82) is 5.26 Å². The largest absolute Gasteiger partial charge is 0.455 e. The molecule has 0 spiro atoms. The van der Waals surface area contributed by atoms with Gasteiger partial charge in [-0.05, 0) is 18.2 Å². The van der Waals surface area contributed by atoms with Crippen molar-refractivity contribution < 1.29 is 9.66 Å². The van der Waals surface area contributed by atoms with Crippen LogP contribution in [-0.2, 0) is 0 Å². The molecule has 2 aromatic rings. The number of nitro benzene ring substituents is 1. The average Bonchev–Trinajstić information content (AvgIpc) is 2.39. The summed E-state index contributed by atoms with van der Waals surface area (Å²) in [5, 5.41) is 19.5. The first-order valence-electron chi connectivity index (χ1n) is 4.96. The molecule has 1 aromatic heterocycles. The van der Waals surface area contributed by atoms with E-state index in [1.165, 1.54) is 24.4 Å². The van der Waals surface area contributed by atoms with Crippen LogP contribution in [-0.4, -0.2) is 9.91 Å². The Kier molecular flexibility index (Phi) is 3.16. The summed E-state index contributed by atoms with van der Waals surface area (Å²) < 4.78 is 5.39. The highest BCUT2D eigenvalue weighted by Gasteiger charge is 2.11. The zero-order valence-corrected chi connectivity index (χ0v) is 9.11. The molecule has 1 heterocycles. The van der Waals surface area contributed by atoms with E-state index in [0.29, 0.717) is 5.75 Å². The highest BCUT2D eigenvalue weighted by atomic mass is 16.6. The molecular formula is C12H7N3O3. The molecule has 0 unspecified atom stereocenters. The van der Waals surface area contributed by atoms with Crippen LogP contribution in [0, 0.1) is 21.4 Å². The Balaban J connectivity index is 2.36. The van der Waals surface area contributed by atoms with Crippen LogP contribution in [0.25, 0.3) is 0 Å². The van der Waals surface area contributed by atoms with E-state index < -0.39 is 4.92 Å². The summed E-state index contributed by atoms with van der Waals surface area (Å²) in [5.41, 5.74) is -0.0176. The van der Waals surface area contributed by atoms with Crippen LogP contribution in [0.15, 0.2) is 42.7 Å². The number of hydrogen-bond donors (Lipinski definition) is 0. The number of non-ortho nitro benzene ring substituents is 1. The minimum absolute atomic E-state index is 0.170. The molecule has 0 saturated heterocycles. The molecule has 2 rings (SSSR count). The SMILES string of the molecule is N#Cc1cc(Oc2cccnc2)cc([N+](=O)[O-])c1. The third-order valence-electron chi connectivity index (χ3n) is 2.10. The van der Waals surface area contributed by atoms with Gasteiger partial charge in [0.05, 0.1) is 28.8 Å². The van der Waals surface area contributed by atoms with Gasteiger partial charge in [-0.3, -0.25) is 15.1 Å². The molecule has 0 bridgehead atoms. The minimum atomic E-state index is -0.572. The summed E-state index contributed by atoms with van der Waals surface area (Å²) in [6.07, 6.45) is 3.06. The molecule has 0 saturated carbocycles. The van der Waals surface area contributed by atoms with E-state index >= 15 is 0 Å². The number of ether oxygens (including phenoxy) is 1. The topological polar surface area (TPSA) is 89.0 Å².